The second-order valence-corrected chi connectivity index (χ2v) is 4.50. The highest BCUT2D eigenvalue weighted by Gasteiger charge is 2.04. The maximum atomic E-state index is 10.4. The first-order chi connectivity index (χ1) is 9.58. The standard InChI is InChI=1S/C14H22N2O4/c1-11-2-4-13(5-3-11)20-9-12(17)8-16-6-7-19-10-14(15)18/h2-5,12,16-17H,6-10H2,1H3,(H2,15,18). The Morgan fingerprint density at radius 3 is 2.75 bits per heavy atom. The van der Waals surface area contributed by atoms with Gasteiger partial charge in [-0.1, -0.05) is 17.7 Å². The zero-order valence-corrected chi connectivity index (χ0v) is 11.7. The monoisotopic (exact) mass is 282 g/mol. The third-order valence-electron chi connectivity index (χ3n) is 2.51. The SMILES string of the molecule is Cc1ccc(OCC(O)CNCCOCC(N)=O)cc1. The second kappa shape index (κ2) is 9.30. The van der Waals surface area contributed by atoms with Crippen molar-refractivity contribution in [2.75, 3.05) is 32.9 Å². The van der Waals surface area contributed by atoms with E-state index in [1.807, 2.05) is 31.2 Å². The zero-order chi connectivity index (χ0) is 14.8. The fourth-order valence-corrected chi connectivity index (χ4v) is 1.47. The Hall–Kier alpha value is -1.63. The molecule has 1 amide bonds. The third-order valence-corrected chi connectivity index (χ3v) is 2.51. The second-order valence-electron chi connectivity index (χ2n) is 4.50. The van der Waals surface area contributed by atoms with Crippen molar-refractivity contribution in [2.24, 2.45) is 5.73 Å². The maximum Gasteiger partial charge on any atom is 0.243 e. The molecule has 6 nitrogen and oxygen atoms in total. The number of primary amides is 1. The first-order valence-electron chi connectivity index (χ1n) is 6.52. The minimum absolute atomic E-state index is 0.0826. The van der Waals surface area contributed by atoms with Crippen molar-refractivity contribution < 1.29 is 19.4 Å². The summed E-state index contributed by atoms with van der Waals surface area (Å²) >= 11 is 0. The van der Waals surface area contributed by atoms with Crippen LogP contribution in [0, 0.1) is 6.92 Å². The Labute approximate surface area is 118 Å². The number of aryl methyl sites for hydroxylation is 1. The van der Waals surface area contributed by atoms with E-state index in [0.29, 0.717) is 19.7 Å². The molecule has 0 aliphatic rings. The number of carbonyl (C=O) groups excluding carboxylic acids is 1. The first-order valence-corrected chi connectivity index (χ1v) is 6.52. The lowest BCUT2D eigenvalue weighted by atomic mass is 10.2. The molecule has 6 heteroatoms. The summed E-state index contributed by atoms with van der Waals surface area (Å²) in [7, 11) is 0. The molecule has 0 radical (unpaired) electrons. The van der Waals surface area contributed by atoms with E-state index < -0.39 is 12.0 Å². The topological polar surface area (TPSA) is 93.8 Å². The summed E-state index contributed by atoms with van der Waals surface area (Å²) in [6.45, 7) is 3.44. The van der Waals surface area contributed by atoms with Gasteiger partial charge in [0.2, 0.25) is 5.91 Å². The lowest BCUT2D eigenvalue weighted by molar-refractivity contribution is -0.122. The Kier molecular flexibility index (Phi) is 7.64. The van der Waals surface area contributed by atoms with Crippen molar-refractivity contribution in [3.63, 3.8) is 0 Å². The minimum Gasteiger partial charge on any atom is -0.491 e. The number of nitrogens with one attached hydrogen (secondary N) is 1. The van der Waals surface area contributed by atoms with Gasteiger partial charge < -0.3 is 25.6 Å². The van der Waals surface area contributed by atoms with Gasteiger partial charge in [-0.25, -0.2) is 0 Å². The van der Waals surface area contributed by atoms with Gasteiger partial charge in [0.25, 0.3) is 0 Å². The molecule has 0 saturated carbocycles. The molecular weight excluding hydrogens is 260 g/mol. The molecule has 0 aliphatic heterocycles. The lowest BCUT2D eigenvalue weighted by Gasteiger charge is -2.13. The summed E-state index contributed by atoms with van der Waals surface area (Å²) in [6, 6.07) is 7.65. The van der Waals surface area contributed by atoms with Gasteiger partial charge in [0, 0.05) is 13.1 Å². The van der Waals surface area contributed by atoms with Crippen LogP contribution in [0.25, 0.3) is 0 Å². The molecule has 0 bridgehead atoms. The number of benzene rings is 1. The van der Waals surface area contributed by atoms with Crippen LogP contribution in [0.3, 0.4) is 0 Å². The summed E-state index contributed by atoms with van der Waals surface area (Å²) in [6.07, 6.45) is -0.604. The van der Waals surface area contributed by atoms with Gasteiger partial charge in [-0.2, -0.15) is 0 Å². The maximum absolute atomic E-state index is 10.4. The smallest absolute Gasteiger partial charge is 0.243 e. The molecule has 0 spiro atoms. The fourth-order valence-electron chi connectivity index (χ4n) is 1.47. The van der Waals surface area contributed by atoms with E-state index in [1.165, 1.54) is 0 Å². The highest BCUT2D eigenvalue weighted by atomic mass is 16.5. The van der Waals surface area contributed by atoms with Gasteiger partial charge in [-0.05, 0) is 19.1 Å². The molecule has 1 aromatic carbocycles. The predicted molar refractivity (Wildman–Crippen MR) is 75.6 cm³/mol. The van der Waals surface area contributed by atoms with Crippen molar-refractivity contribution in [2.45, 2.75) is 13.0 Å². The van der Waals surface area contributed by atoms with Crippen LogP contribution in [0.15, 0.2) is 24.3 Å². The number of aliphatic hydroxyl groups is 1. The van der Waals surface area contributed by atoms with Gasteiger partial charge in [0.15, 0.2) is 0 Å². The van der Waals surface area contributed by atoms with Crippen LogP contribution >= 0.6 is 0 Å². The summed E-state index contributed by atoms with van der Waals surface area (Å²) in [4.78, 5) is 10.4. The number of nitrogens with two attached hydrogens (primary N) is 1. The quantitative estimate of drug-likeness (QED) is 0.518. The Balaban J connectivity index is 2.04. The Bertz CT molecular complexity index is 395. The average Bonchev–Trinajstić information content (AvgIpc) is 2.41. The molecule has 1 rings (SSSR count). The van der Waals surface area contributed by atoms with Crippen LogP contribution in [0.2, 0.25) is 0 Å². The fraction of sp³-hybridized carbons (Fsp3) is 0.500. The van der Waals surface area contributed by atoms with Crippen LogP contribution in [-0.2, 0) is 9.53 Å². The number of carbonyl (C=O) groups is 1. The van der Waals surface area contributed by atoms with Crippen molar-refractivity contribution in [1.29, 1.82) is 0 Å². The molecule has 1 atom stereocenters. The third kappa shape index (κ3) is 7.73. The average molecular weight is 282 g/mol. The van der Waals surface area contributed by atoms with E-state index >= 15 is 0 Å². The minimum atomic E-state index is -0.604. The summed E-state index contributed by atoms with van der Waals surface area (Å²) < 4.78 is 10.4. The normalized spacial score (nSPS) is 12.1. The van der Waals surface area contributed by atoms with Crippen molar-refractivity contribution in [3.8, 4) is 5.75 Å². The Morgan fingerprint density at radius 1 is 1.40 bits per heavy atom. The number of hydrogen-bond acceptors (Lipinski definition) is 5. The number of amides is 1. The van der Waals surface area contributed by atoms with E-state index in [9.17, 15) is 9.90 Å². The van der Waals surface area contributed by atoms with E-state index in [2.05, 4.69) is 5.32 Å². The molecule has 0 fully saturated rings. The number of rotatable bonds is 10. The zero-order valence-electron chi connectivity index (χ0n) is 11.7. The summed E-state index contributed by atoms with van der Waals surface area (Å²) in [5.41, 5.74) is 6.08. The largest absolute Gasteiger partial charge is 0.491 e. The van der Waals surface area contributed by atoms with E-state index in [0.717, 1.165) is 11.3 Å². The van der Waals surface area contributed by atoms with Crippen LogP contribution in [0.1, 0.15) is 5.56 Å². The molecule has 0 saturated heterocycles. The van der Waals surface area contributed by atoms with E-state index in [4.69, 9.17) is 15.2 Å². The number of aliphatic hydroxyl groups excluding tert-OH is 1. The van der Waals surface area contributed by atoms with Gasteiger partial charge in [0.1, 0.15) is 25.1 Å². The molecule has 4 N–H and O–H groups in total. The van der Waals surface area contributed by atoms with Crippen LogP contribution in [-0.4, -0.2) is 50.0 Å². The lowest BCUT2D eigenvalue weighted by Crippen LogP contribution is -2.33. The molecular formula is C14H22N2O4. The molecule has 0 aliphatic carbocycles. The molecule has 0 aromatic heterocycles. The van der Waals surface area contributed by atoms with Crippen LogP contribution < -0.4 is 15.8 Å². The van der Waals surface area contributed by atoms with Crippen LogP contribution in [0.4, 0.5) is 0 Å². The molecule has 1 unspecified atom stereocenters. The number of hydrogen-bond donors (Lipinski definition) is 3. The molecule has 1 aromatic rings. The van der Waals surface area contributed by atoms with Crippen molar-refractivity contribution in [3.05, 3.63) is 29.8 Å². The molecule has 112 valence electrons. The van der Waals surface area contributed by atoms with E-state index in [-0.39, 0.29) is 13.2 Å². The Morgan fingerprint density at radius 2 is 2.10 bits per heavy atom. The van der Waals surface area contributed by atoms with Crippen LogP contribution in [0.5, 0.6) is 5.75 Å². The highest BCUT2D eigenvalue weighted by molar-refractivity contribution is 5.74. The van der Waals surface area contributed by atoms with Crippen molar-refractivity contribution in [1.82, 2.24) is 5.32 Å². The molecule has 20 heavy (non-hydrogen) atoms. The first kappa shape index (κ1) is 16.4. The number of ether oxygens (including phenoxy) is 2. The highest BCUT2D eigenvalue weighted by Crippen LogP contribution is 2.11. The summed E-state index contributed by atoms with van der Waals surface area (Å²) in [5, 5.41) is 12.7. The van der Waals surface area contributed by atoms with Crippen molar-refractivity contribution >= 4 is 5.91 Å². The van der Waals surface area contributed by atoms with Gasteiger partial charge >= 0.3 is 0 Å². The molecule has 0 heterocycles. The van der Waals surface area contributed by atoms with Gasteiger partial charge in [0.05, 0.1) is 6.61 Å². The van der Waals surface area contributed by atoms with Gasteiger partial charge in [-0.15, -0.1) is 0 Å². The summed E-state index contributed by atoms with van der Waals surface area (Å²) in [5.74, 6) is 0.246. The predicted octanol–water partition coefficient (Wildman–Crippen LogP) is -0.174. The van der Waals surface area contributed by atoms with E-state index in [1.54, 1.807) is 0 Å². The van der Waals surface area contributed by atoms with Gasteiger partial charge in [-0.3, -0.25) is 4.79 Å².